The average Bonchev–Trinajstić information content (AvgIpc) is 3.39. The molecule has 23 heavy (non-hydrogen) atoms. The zero-order valence-corrected chi connectivity index (χ0v) is 14.7. The van der Waals surface area contributed by atoms with Crippen LogP contribution in [0.3, 0.4) is 0 Å². The fourth-order valence-corrected chi connectivity index (χ4v) is 4.70. The van der Waals surface area contributed by atoms with E-state index in [2.05, 4.69) is 28.1 Å². The Kier molecular flexibility index (Phi) is 3.34. The first-order valence-corrected chi connectivity index (χ1v) is 9.07. The van der Waals surface area contributed by atoms with E-state index >= 15 is 0 Å². The molecule has 0 saturated heterocycles. The third kappa shape index (κ3) is 2.32. The number of nitrogens with zero attached hydrogens (tertiary/aromatic N) is 1. The zero-order valence-electron chi connectivity index (χ0n) is 13.1. The van der Waals surface area contributed by atoms with Crippen LogP contribution in [-0.2, 0) is 21.4 Å². The number of aryl methyl sites for hydroxylation is 1. The van der Waals surface area contributed by atoms with Gasteiger partial charge >= 0.3 is 5.97 Å². The van der Waals surface area contributed by atoms with E-state index in [1.807, 2.05) is 6.07 Å². The highest BCUT2D eigenvalue weighted by Crippen LogP contribution is 2.62. The minimum atomic E-state index is -0.907. The molecule has 0 bridgehead atoms. The fraction of sp³-hybridized carbons (Fsp3) is 0.556. The molecule has 1 spiro atoms. The Labute approximate surface area is 144 Å². The molecule has 122 valence electrons. The molecular weight excluding hydrogens is 358 g/mol. The molecule has 1 N–H and O–H groups in total. The number of amides is 1. The molecule has 1 aromatic carbocycles. The van der Waals surface area contributed by atoms with E-state index in [0.29, 0.717) is 0 Å². The van der Waals surface area contributed by atoms with Crippen molar-refractivity contribution in [3.05, 3.63) is 33.8 Å². The topological polar surface area (TPSA) is 57.6 Å². The summed E-state index contributed by atoms with van der Waals surface area (Å²) in [6.07, 6.45) is 4.76. The van der Waals surface area contributed by atoms with Gasteiger partial charge in [-0.1, -0.05) is 22.0 Å². The summed E-state index contributed by atoms with van der Waals surface area (Å²) < 4.78 is 1.08. The van der Waals surface area contributed by atoms with E-state index in [1.54, 1.807) is 11.8 Å². The lowest BCUT2D eigenvalue weighted by Gasteiger charge is -2.27. The second kappa shape index (κ2) is 5.07. The van der Waals surface area contributed by atoms with Crippen molar-refractivity contribution in [3.63, 3.8) is 0 Å². The van der Waals surface area contributed by atoms with E-state index < -0.39 is 12.0 Å². The summed E-state index contributed by atoms with van der Waals surface area (Å²) in [6.45, 7) is 1.63. The van der Waals surface area contributed by atoms with Crippen LogP contribution in [0.15, 0.2) is 22.7 Å². The molecule has 0 radical (unpaired) electrons. The number of carbonyl (C=O) groups excluding carboxylic acids is 1. The summed E-state index contributed by atoms with van der Waals surface area (Å²) in [5.74, 6) is -0.888. The second-order valence-corrected chi connectivity index (χ2v) is 8.12. The molecule has 3 unspecified atom stereocenters. The highest BCUT2D eigenvalue weighted by Gasteiger charge is 2.63. The Morgan fingerprint density at radius 1 is 1.39 bits per heavy atom. The number of fused-ring (bicyclic) bond motifs is 2. The highest BCUT2D eigenvalue weighted by molar-refractivity contribution is 9.10. The van der Waals surface area contributed by atoms with Gasteiger partial charge in [0, 0.05) is 21.8 Å². The van der Waals surface area contributed by atoms with E-state index in [-0.39, 0.29) is 23.3 Å². The van der Waals surface area contributed by atoms with Crippen LogP contribution in [0.5, 0.6) is 0 Å². The number of hydrogen-bond acceptors (Lipinski definition) is 2. The first-order chi connectivity index (χ1) is 10.9. The molecule has 3 aliphatic rings. The number of benzene rings is 1. The number of rotatable bonds is 4. The quantitative estimate of drug-likeness (QED) is 0.876. The van der Waals surface area contributed by atoms with Crippen molar-refractivity contribution in [2.75, 3.05) is 0 Å². The van der Waals surface area contributed by atoms with Gasteiger partial charge in [0.1, 0.15) is 6.04 Å². The number of carboxylic acids is 1. The summed E-state index contributed by atoms with van der Waals surface area (Å²) in [7, 11) is 0. The number of carbonyl (C=O) groups is 2. The maximum absolute atomic E-state index is 13.0. The molecule has 1 aromatic rings. The number of hydrogen-bond donors (Lipinski definition) is 1. The van der Waals surface area contributed by atoms with Gasteiger partial charge in [0.05, 0.1) is 0 Å². The first-order valence-electron chi connectivity index (χ1n) is 8.28. The van der Waals surface area contributed by atoms with Gasteiger partial charge in [-0.2, -0.15) is 0 Å². The molecule has 5 heteroatoms. The molecule has 3 aliphatic carbocycles. The summed E-state index contributed by atoms with van der Waals surface area (Å²) in [5, 5.41) is 9.33. The minimum absolute atomic E-state index is 0.0293. The lowest BCUT2D eigenvalue weighted by molar-refractivity contribution is -0.150. The lowest BCUT2D eigenvalue weighted by atomic mass is 9.95. The van der Waals surface area contributed by atoms with Crippen LogP contribution in [0.2, 0.25) is 0 Å². The molecule has 0 heterocycles. The Morgan fingerprint density at radius 2 is 2.13 bits per heavy atom. The van der Waals surface area contributed by atoms with Crippen LogP contribution in [0, 0.1) is 5.92 Å². The summed E-state index contributed by atoms with van der Waals surface area (Å²) in [5.41, 5.74) is 2.61. The number of carboxylic acid groups (broad SMARTS) is 1. The fourth-order valence-electron chi connectivity index (χ4n) is 4.29. The van der Waals surface area contributed by atoms with Gasteiger partial charge in [0.25, 0.3) is 0 Å². The van der Waals surface area contributed by atoms with E-state index in [4.69, 9.17) is 0 Å². The smallest absolute Gasteiger partial charge is 0.326 e. The minimum Gasteiger partial charge on any atom is -0.480 e. The lowest BCUT2D eigenvalue weighted by Crippen LogP contribution is -2.46. The molecule has 0 aromatic heterocycles. The first kappa shape index (κ1) is 15.2. The van der Waals surface area contributed by atoms with Gasteiger partial charge in [-0.15, -0.1) is 0 Å². The Balaban J connectivity index is 1.59. The van der Waals surface area contributed by atoms with E-state index in [1.165, 1.54) is 11.1 Å². The normalized spacial score (nSPS) is 29.2. The largest absolute Gasteiger partial charge is 0.480 e. The molecule has 4 nitrogen and oxygen atoms in total. The standard InChI is InChI=1S/C18H20BrNO3/c1-10(17(22)23)20(13-3-4-13)16(21)15-9-18(15)7-6-11-8-12(19)2-5-14(11)18/h2,5,8,10,13,15H,3-4,6-7,9H2,1H3,(H,22,23). The van der Waals surface area contributed by atoms with Gasteiger partial charge in [-0.3, -0.25) is 4.79 Å². The molecule has 1 amide bonds. The summed E-state index contributed by atoms with van der Waals surface area (Å²) in [4.78, 5) is 26.0. The number of halogens is 1. The van der Waals surface area contributed by atoms with Crippen molar-refractivity contribution in [1.29, 1.82) is 0 Å². The molecule has 4 rings (SSSR count). The average molecular weight is 378 g/mol. The van der Waals surface area contributed by atoms with Crippen LogP contribution in [-0.4, -0.2) is 34.0 Å². The van der Waals surface area contributed by atoms with Crippen LogP contribution < -0.4 is 0 Å². The van der Waals surface area contributed by atoms with E-state index in [9.17, 15) is 14.7 Å². The second-order valence-electron chi connectivity index (χ2n) is 7.21. The number of aliphatic carboxylic acids is 1. The van der Waals surface area contributed by atoms with Gasteiger partial charge in [-0.05, 0) is 62.3 Å². The molecular formula is C18H20BrNO3. The van der Waals surface area contributed by atoms with Crippen molar-refractivity contribution in [2.24, 2.45) is 5.92 Å². The van der Waals surface area contributed by atoms with Crippen LogP contribution in [0.1, 0.15) is 43.7 Å². The van der Waals surface area contributed by atoms with Crippen LogP contribution in [0.4, 0.5) is 0 Å². The van der Waals surface area contributed by atoms with Gasteiger partial charge in [-0.25, -0.2) is 4.79 Å². The monoisotopic (exact) mass is 377 g/mol. The molecule has 2 fully saturated rings. The van der Waals surface area contributed by atoms with Crippen molar-refractivity contribution >= 4 is 27.8 Å². The maximum Gasteiger partial charge on any atom is 0.326 e. The molecule has 2 saturated carbocycles. The van der Waals surface area contributed by atoms with Crippen molar-refractivity contribution in [3.8, 4) is 0 Å². The molecule has 3 atom stereocenters. The summed E-state index contributed by atoms with van der Waals surface area (Å²) in [6, 6.07) is 5.75. The zero-order chi connectivity index (χ0) is 16.4. The van der Waals surface area contributed by atoms with Gasteiger partial charge in [0.15, 0.2) is 0 Å². The van der Waals surface area contributed by atoms with Crippen LogP contribution >= 0.6 is 15.9 Å². The third-order valence-corrected chi connectivity index (χ3v) is 6.28. The predicted molar refractivity (Wildman–Crippen MR) is 89.2 cm³/mol. The van der Waals surface area contributed by atoms with Crippen molar-refractivity contribution in [1.82, 2.24) is 4.90 Å². The Bertz CT molecular complexity index is 700. The van der Waals surface area contributed by atoms with E-state index in [0.717, 1.165) is 36.6 Å². The van der Waals surface area contributed by atoms with Gasteiger partial charge < -0.3 is 10.0 Å². The maximum atomic E-state index is 13.0. The molecule has 0 aliphatic heterocycles. The summed E-state index contributed by atoms with van der Waals surface area (Å²) >= 11 is 3.51. The third-order valence-electron chi connectivity index (χ3n) is 5.79. The van der Waals surface area contributed by atoms with Crippen molar-refractivity contribution < 1.29 is 14.7 Å². The SMILES string of the molecule is CC(C(=O)O)N(C(=O)C1CC12CCc1cc(Br)ccc12)C1CC1. The van der Waals surface area contributed by atoms with Gasteiger partial charge in [0.2, 0.25) is 5.91 Å². The highest BCUT2D eigenvalue weighted by atomic mass is 79.9. The predicted octanol–water partition coefficient (Wildman–Crippen LogP) is 3.12. The van der Waals surface area contributed by atoms with Crippen LogP contribution in [0.25, 0.3) is 0 Å². The van der Waals surface area contributed by atoms with Crippen molar-refractivity contribution in [2.45, 2.75) is 56.5 Å². The Morgan fingerprint density at radius 3 is 2.78 bits per heavy atom. The Hall–Kier alpha value is -1.36.